The molecule has 0 saturated heterocycles. The summed E-state index contributed by atoms with van der Waals surface area (Å²) in [6.45, 7) is 0. The fourth-order valence-electron chi connectivity index (χ4n) is 2.20. The Balaban J connectivity index is 0.00000225. The van der Waals surface area contributed by atoms with Crippen molar-refractivity contribution in [3.05, 3.63) is 72.1 Å². The highest BCUT2D eigenvalue weighted by Gasteiger charge is 2.12. The van der Waals surface area contributed by atoms with Crippen LogP contribution in [-0.4, -0.2) is 15.9 Å². The third kappa shape index (κ3) is 4.27. The second-order valence-corrected chi connectivity index (χ2v) is 4.99. The van der Waals surface area contributed by atoms with E-state index in [0.717, 1.165) is 12.1 Å². The number of aromatic nitrogens is 2. The summed E-state index contributed by atoms with van der Waals surface area (Å²) in [5.41, 5.74) is 7.11. The Labute approximate surface area is 148 Å². The lowest BCUT2D eigenvalue weighted by Crippen LogP contribution is -2.13. The van der Waals surface area contributed by atoms with E-state index in [1.807, 2.05) is 0 Å². The molecule has 25 heavy (non-hydrogen) atoms. The van der Waals surface area contributed by atoms with Crippen molar-refractivity contribution in [1.29, 1.82) is 0 Å². The van der Waals surface area contributed by atoms with Gasteiger partial charge in [0.05, 0.1) is 0 Å². The molecule has 1 amide bonds. The number of rotatable bonds is 3. The van der Waals surface area contributed by atoms with Gasteiger partial charge in [-0.05, 0) is 18.2 Å². The smallest absolute Gasteiger partial charge is 0.255 e. The molecule has 0 aliphatic heterocycles. The van der Waals surface area contributed by atoms with Gasteiger partial charge in [0.25, 0.3) is 5.91 Å². The molecule has 0 saturated carbocycles. The van der Waals surface area contributed by atoms with Crippen LogP contribution in [0.4, 0.5) is 20.4 Å². The van der Waals surface area contributed by atoms with Crippen LogP contribution in [-0.2, 0) is 0 Å². The number of hydrogen-bond donors (Lipinski definition) is 2. The van der Waals surface area contributed by atoms with Crippen molar-refractivity contribution in [3.63, 3.8) is 0 Å². The van der Waals surface area contributed by atoms with Crippen molar-refractivity contribution >= 4 is 29.9 Å². The van der Waals surface area contributed by atoms with Crippen LogP contribution in [0.25, 0.3) is 11.1 Å². The van der Waals surface area contributed by atoms with E-state index in [0.29, 0.717) is 22.9 Å². The van der Waals surface area contributed by atoms with Gasteiger partial charge in [0.15, 0.2) is 0 Å². The van der Waals surface area contributed by atoms with Gasteiger partial charge in [-0.3, -0.25) is 4.79 Å². The van der Waals surface area contributed by atoms with Crippen LogP contribution in [0, 0.1) is 11.6 Å². The van der Waals surface area contributed by atoms with E-state index in [-0.39, 0.29) is 23.9 Å². The molecular weight excluding hydrogens is 350 g/mol. The Kier molecular flexibility index (Phi) is 5.61. The van der Waals surface area contributed by atoms with Crippen LogP contribution in [0.5, 0.6) is 0 Å². The first-order valence-corrected chi connectivity index (χ1v) is 6.97. The van der Waals surface area contributed by atoms with Gasteiger partial charge in [0.2, 0.25) is 5.95 Å². The van der Waals surface area contributed by atoms with Crippen molar-refractivity contribution in [2.45, 2.75) is 0 Å². The zero-order chi connectivity index (χ0) is 17.1. The lowest BCUT2D eigenvalue weighted by molar-refractivity contribution is 0.102. The lowest BCUT2D eigenvalue weighted by atomic mass is 10.1. The summed E-state index contributed by atoms with van der Waals surface area (Å²) in [6, 6.07) is 9.57. The second-order valence-electron chi connectivity index (χ2n) is 4.99. The van der Waals surface area contributed by atoms with Crippen LogP contribution in [0.2, 0.25) is 0 Å². The predicted molar refractivity (Wildman–Crippen MR) is 93.4 cm³/mol. The highest BCUT2D eigenvalue weighted by molar-refractivity contribution is 6.06. The summed E-state index contributed by atoms with van der Waals surface area (Å²) in [4.78, 5) is 20.1. The standard InChI is InChI=1S/C17H12F2N4O.ClH/c18-12-5-10(6-13(19)7-12)16(24)23-15-4-2-1-3-14(15)11-8-21-17(20)22-9-11;/h1-9H,(H,23,24)(H2,20,21,22);1H. The van der Waals surface area contributed by atoms with Gasteiger partial charge in [-0.25, -0.2) is 18.7 Å². The SMILES string of the molecule is Cl.Nc1ncc(-c2ccccc2NC(=O)c2cc(F)cc(F)c2)cn1. The van der Waals surface area contributed by atoms with E-state index in [1.165, 1.54) is 12.4 Å². The predicted octanol–water partition coefficient (Wildman–Crippen LogP) is 3.68. The molecule has 0 radical (unpaired) electrons. The van der Waals surface area contributed by atoms with Crippen molar-refractivity contribution < 1.29 is 13.6 Å². The van der Waals surface area contributed by atoms with E-state index in [4.69, 9.17) is 5.73 Å². The molecule has 3 aromatic rings. The molecule has 0 bridgehead atoms. The first-order chi connectivity index (χ1) is 11.5. The van der Waals surface area contributed by atoms with Crippen molar-refractivity contribution in [3.8, 4) is 11.1 Å². The van der Waals surface area contributed by atoms with Gasteiger partial charge in [-0.15, -0.1) is 12.4 Å². The number of carbonyl (C=O) groups excluding carboxylic acids is 1. The zero-order valence-electron chi connectivity index (χ0n) is 12.7. The van der Waals surface area contributed by atoms with Gasteiger partial charge in [0.1, 0.15) is 11.6 Å². The van der Waals surface area contributed by atoms with Crippen LogP contribution < -0.4 is 11.1 Å². The average Bonchev–Trinajstić information content (AvgIpc) is 2.55. The van der Waals surface area contributed by atoms with Gasteiger partial charge < -0.3 is 11.1 Å². The minimum atomic E-state index is -0.819. The number of nitrogens with two attached hydrogens (primary N) is 1. The van der Waals surface area contributed by atoms with E-state index >= 15 is 0 Å². The second kappa shape index (κ2) is 7.67. The van der Waals surface area contributed by atoms with Crippen LogP contribution in [0.15, 0.2) is 54.9 Å². The number of halogens is 3. The lowest BCUT2D eigenvalue weighted by Gasteiger charge is -2.11. The highest BCUT2D eigenvalue weighted by atomic mass is 35.5. The van der Waals surface area contributed by atoms with Gasteiger partial charge in [-0.2, -0.15) is 0 Å². The van der Waals surface area contributed by atoms with E-state index in [1.54, 1.807) is 24.3 Å². The normalized spacial score (nSPS) is 10.0. The molecular formula is C17H13ClF2N4O. The Morgan fingerprint density at radius 3 is 2.24 bits per heavy atom. The number of nitrogens with one attached hydrogen (secondary N) is 1. The number of nitrogens with zero attached hydrogens (tertiary/aromatic N) is 2. The third-order valence-electron chi connectivity index (χ3n) is 3.28. The molecule has 5 nitrogen and oxygen atoms in total. The molecule has 0 unspecified atom stereocenters. The number of nitrogen functional groups attached to an aromatic ring is 1. The Morgan fingerprint density at radius 1 is 1.00 bits per heavy atom. The molecule has 0 aliphatic carbocycles. The topological polar surface area (TPSA) is 80.9 Å². The molecule has 0 atom stereocenters. The highest BCUT2D eigenvalue weighted by Crippen LogP contribution is 2.27. The van der Waals surface area contributed by atoms with Crippen LogP contribution in [0.3, 0.4) is 0 Å². The van der Waals surface area contributed by atoms with E-state index < -0.39 is 17.5 Å². The molecule has 2 aromatic carbocycles. The summed E-state index contributed by atoms with van der Waals surface area (Å²) in [5, 5.41) is 2.64. The number of amides is 1. The minimum Gasteiger partial charge on any atom is -0.368 e. The van der Waals surface area contributed by atoms with E-state index in [9.17, 15) is 13.6 Å². The first kappa shape index (κ1) is 18.3. The number of para-hydroxylation sites is 1. The molecule has 0 fully saturated rings. The number of carbonyl (C=O) groups is 1. The summed E-state index contributed by atoms with van der Waals surface area (Å²) in [5.74, 6) is -2.13. The number of hydrogen-bond acceptors (Lipinski definition) is 4. The fraction of sp³-hybridized carbons (Fsp3) is 0. The van der Waals surface area contributed by atoms with Crippen LogP contribution in [0.1, 0.15) is 10.4 Å². The fourth-order valence-corrected chi connectivity index (χ4v) is 2.20. The summed E-state index contributed by atoms with van der Waals surface area (Å²) in [6.07, 6.45) is 3.05. The molecule has 8 heteroatoms. The minimum absolute atomic E-state index is 0. The third-order valence-corrected chi connectivity index (χ3v) is 3.28. The monoisotopic (exact) mass is 362 g/mol. The van der Waals surface area contributed by atoms with Gasteiger partial charge >= 0.3 is 0 Å². The summed E-state index contributed by atoms with van der Waals surface area (Å²) in [7, 11) is 0. The quantitative estimate of drug-likeness (QED) is 0.744. The largest absolute Gasteiger partial charge is 0.368 e. The molecule has 0 spiro atoms. The maximum atomic E-state index is 13.3. The summed E-state index contributed by atoms with van der Waals surface area (Å²) < 4.78 is 26.5. The molecule has 3 rings (SSSR count). The summed E-state index contributed by atoms with van der Waals surface area (Å²) >= 11 is 0. The molecule has 0 aliphatic rings. The zero-order valence-corrected chi connectivity index (χ0v) is 13.6. The van der Waals surface area contributed by atoms with Crippen molar-refractivity contribution in [2.24, 2.45) is 0 Å². The Morgan fingerprint density at radius 2 is 1.60 bits per heavy atom. The van der Waals surface area contributed by atoms with Gasteiger partial charge in [-0.1, -0.05) is 18.2 Å². The Hall–Kier alpha value is -3.06. The molecule has 1 aromatic heterocycles. The van der Waals surface area contributed by atoms with Gasteiger partial charge in [0, 0.05) is 40.8 Å². The maximum absolute atomic E-state index is 13.3. The van der Waals surface area contributed by atoms with Crippen LogP contribution >= 0.6 is 12.4 Å². The molecule has 1 heterocycles. The average molecular weight is 363 g/mol. The molecule has 3 N–H and O–H groups in total. The van der Waals surface area contributed by atoms with E-state index in [2.05, 4.69) is 15.3 Å². The molecule has 128 valence electrons. The maximum Gasteiger partial charge on any atom is 0.255 e. The van der Waals surface area contributed by atoms with Crippen molar-refractivity contribution in [2.75, 3.05) is 11.1 Å². The first-order valence-electron chi connectivity index (χ1n) is 6.97. The number of benzene rings is 2. The Bertz CT molecular complexity index is 883. The van der Waals surface area contributed by atoms with Crippen molar-refractivity contribution in [1.82, 2.24) is 9.97 Å². The number of anilines is 2.